The van der Waals surface area contributed by atoms with Crippen LogP contribution in [-0.2, 0) is 6.42 Å². The first kappa shape index (κ1) is 17.0. The highest BCUT2D eigenvalue weighted by Gasteiger charge is 2.17. The second kappa shape index (κ2) is 9.99. The fourth-order valence-corrected chi connectivity index (χ4v) is 2.06. The lowest BCUT2D eigenvalue weighted by atomic mass is 10.1. The number of aryl methyl sites for hydroxylation is 1. The van der Waals surface area contributed by atoms with Crippen LogP contribution in [-0.4, -0.2) is 13.1 Å². The third kappa shape index (κ3) is 5.12. The lowest BCUT2D eigenvalue weighted by Gasteiger charge is -2.18. The van der Waals surface area contributed by atoms with Crippen molar-refractivity contribution >= 4 is 5.69 Å². The lowest BCUT2D eigenvalue weighted by molar-refractivity contribution is 0.796. The van der Waals surface area contributed by atoms with Gasteiger partial charge in [-0.1, -0.05) is 53.2 Å². The Bertz CT molecular complexity index is 315. The van der Waals surface area contributed by atoms with Crippen molar-refractivity contribution in [3.63, 3.8) is 0 Å². The summed E-state index contributed by atoms with van der Waals surface area (Å²) < 4.78 is 0. The smallest absolute Gasteiger partial charge is 0.0402 e. The van der Waals surface area contributed by atoms with Crippen LogP contribution in [0.3, 0.4) is 0 Å². The minimum atomic E-state index is 1.20. The zero-order valence-electron chi connectivity index (χ0n) is 13.2. The number of hydrogen-bond acceptors (Lipinski definition) is 1. The van der Waals surface area contributed by atoms with E-state index in [2.05, 4.69) is 50.8 Å². The average Bonchev–Trinajstić information content (AvgIpc) is 2.76. The summed E-state index contributed by atoms with van der Waals surface area (Å²) in [5, 5.41) is 0. The SMILES string of the molecule is CC.CCC.CCCN1CCc2ccc(C)cc21. The molecule has 1 heterocycles. The zero-order chi connectivity index (χ0) is 14.0. The lowest BCUT2D eigenvalue weighted by Crippen LogP contribution is -2.20. The Morgan fingerprint density at radius 1 is 1.11 bits per heavy atom. The minimum Gasteiger partial charge on any atom is -0.371 e. The second-order valence-electron chi connectivity index (χ2n) is 4.58. The van der Waals surface area contributed by atoms with Crippen molar-refractivity contribution in [1.82, 2.24) is 0 Å². The van der Waals surface area contributed by atoms with Crippen LogP contribution in [0.4, 0.5) is 5.69 Å². The van der Waals surface area contributed by atoms with Crippen LogP contribution in [0.2, 0.25) is 0 Å². The molecular weight excluding hydrogens is 218 g/mol. The van der Waals surface area contributed by atoms with Gasteiger partial charge in [0.15, 0.2) is 0 Å². The molecule has 104 valence electrons. The minimum absolute atomic E-state index is 1.20. The van der Waals surface area contributed by atoms with E-state index in [9.17, 15) is 0 Å². The van der Waals surface area contributed by atoms with E-state index in [0.717, 1.165) is 0 Å². The third-order valence-corrected chi connectivity index (χ3v) is 2.73. The number of fused-ring (bicyclic) bond motifs is 1. The normalized spacial score (nSPS) is 12.0. The largest absolute Gasteiger partial charge is 0.371 e. The summed E-state index contributed by atoms with van der Waals surface area (Å²) in [6, 6.07) is 6.81. The van der Waals surface area contributed by atoms with Gasteiger partial charge in [-0.2, -0.15) is 0 Å². The van der Waals surface area contributed by atoms with Crippen LogP contribution in [0.15, 0.2) is 18.2 Å². The number of hydrogen-bond donors (Lipinski definition) is 0. The summed E-state index contributed by atoms with van der Waals surface area (Å²) in [5.41, 5.74) is 4.38. The first-order valence-corrected chi connectivity index (χ1v) is 7.57. The summed E-state index contributed by atoms with van der Waals surface area (Å²) in [4.78, 5) is 2.50. The van der Waals surface area contributed by atoms with Gasteiger partial charge in [-0.3, -0.25) is 0 Å². The second-order valence-corrected chi connectivity index (χ2v) is 4.58. The molecule has 0 saturated heterocycles. The molecule has 1 nitrogen and oxygen atoms in total. The summed E-state index contributed by atoms with van der Waals surface area (Å²) in [7, 11) is 0. The van der Waals surface area contributed by atoms with Crippen molar-refractivity contribution in [3.8, 4) is 0 Å². The molecule has 0 aliphatic carbocycles. The molecule has 0 amide bonds. The molecule has 2 rings (SSSR count). The molecule has 0 radical (unpaired) electrons. The maximum absolute atomic E-state index is 2.50. The first-order chi connectivity index (χ1) is 8.72. The van der Waals surface area contributed by atoms with Crippen LogP contribution in [0.5, 0.6) is 0 Å². The van der Waals surface area contributed by atoms with Gasteiger partial charge >= 0.3 is 0 Å². The highest BCUT2D eigenvalue weighted by Crippen LogP contribution is 2.28. The summed E-state index contributed by atoms with van der Waals surface area (Å²) in [6.07, 6.45) is 3.73. The number of rotatable bonds is 2. The van der Waals surface area contributed by atoms with Crippen molar-refractivity contribution in [1.29, 1.82) is 0 Å². The van der Waals surface area contributed by atoms with E-state index < -0.39 is 0 Å². The molecule has 18 heavy (non-hydrogen) atoms. The van der Waals surface area contributed by atoms with Gasteiger partial charge in [-0.05, 0) is 37.0 Å². The van der Waals surface area contributed by atoms with E-state index in [4.69, 9.17) is 0 Å². The van der Waals surface area contributed by atoms with Gasteiger partial charge in [-0.15, -0.1) is 0 Å². The predicted molar refractivity (Wildman–Crippen MR) is 84.7 cm³/mol. The van der Waals surface area contributed by atoms with Crippen molar-refractivity contribution in [2.75, 3.05) is 18.0 Å². The van der Waals surface area contributed by atoms with Gasteiger partial charge < -0.3 is 4.90 Å². The highest BCUT2D eigenvalue weighted by atomic mass is 15.1. The van der Waals surface area contributed by atoms with E-state index in [-0.39, 0.29) is 0 Å². The molecule has 0 fully saturated rings. The van der Waals surface area contributed by atoms with Gasteiger partial charge in [0, 0.05) is 18.8 Å². The molecule has 1 aliphatic rings. The molecule has 0 saturated carbocycles. The fraction of sp³-hybridized carbons (Fsp3) is 0.647. The Morgan fingerprint density at radius 2 is 1.72 bits per heavy atom. The van der Waals surface area contributed by atoms with Crippen LogP contribution >= 0.6 is 0 Å². The van der Waals surface area contributed by atoms with Gasteiger partial charge in [0.25, 0.3) is 0 Å². The summed E-state index contributed by atoms with van der Waals surface area (Å²) in [6.45, 7) is 15.1. The van der Waals surface area contributed by atoms with E-state index in [0.29, 0.717) is 0 Å². The van der Waals surface area contributed by atoms with E-state index in [1.165, 1.54) is 49.2 Å². The Morgan fingerprint density at radius 3 is 2.28 bits per heavy atom. The number of nitrogens with zero attached hydrogens (tertiary/aromatic N) is 1. The van der Waals surface area contributed by atoms with Gasteiger partial charge in [0.2, 0.25) is 0 Å². The van der Waals surface area contributed by atoms with Crippen molar-refractivity contribution in [3.05, 3.63) is 29.3 Å². The fourth-order valence-electron chi connectivity index (χ4n) is 2.06. The van der Waals surface area contributed by atoms with Crippen LogP contribution in [0.25, 0.3) is 0 Å². The molecule has 1 aromatic carbocycles. The molecule has 1 aliphatic heterocycles. The summed E-state index contributed by atoms with van der Waals surface area (Å²) in [5.74, 6) is 0. The average molecular weight is 249 g/mol. The van der Waals surface area contributed by atoms with Gasteiger partial charge in [0.1, 0.15) is 0 Å². The van der Waals surface area contributed by atoms with E-state index >= 15 is 0 Å². The zero-order valence-corrected chi connectivity index (χ0v) is 13.2. The molecule has 0 aromatic heterocycles. The molecule has 1 aromatic rings. The van der Waals surface area contributed by atoms with E-state index in [1.54, 1.807) is 0 Å². The predicted octanol–water partition coefficient (Wildman–Crippen LogP) is 5.21. The Labute approximate surface area is 114 Å². The Balaban J connectivity index is 0.000000509. The molecule has 0 bridgehead atoms. The van der Waals surface area contributed by atoms with Crippen molar-refractivity contribution < 1.29 is 0 Å². The number of anilines is 1. The van der Waals surface area contributed by atoms with Crippen LogP contribution in [0, 0.1) is 6.92 Å². The maximum atomic E-state index is 2.50. The van der Waals surface area contributed by atoms with E-state index in [1.807, 2.05) is 13.8 Å². The molecule has 1 heteroatoms. The monoisotopic (exact) mass is 249 g/mol. The maximum Gasteiger partial charge on any atom is 0.0402 e. The first-order valence-electron chi connectivity index (χ1n) is 7.57. The van der Waals surface area contributed by atoms with Crippen LogP contribution in [0.1, 0.15) is 58.6 Å². The molecule has 0 N–H and O–H groups in total. The highest BCUT2D eigenvalue weighted by molar-refractivity contribution is 5.59. The Hall–Kier alpha value is -0.980. The summed E-state index contributed by atoms with van der Waals surface area (Å²) >= 11 is 0. The molecule has 0 atom stereocenters. The molecular formula is C17H31N. The van der Waals surface area contributed by atoms with Crippen molar-refractivity contribution in [2.24, 2.45) is 0 Å². The quantitative estimate of drug-likeness (QED) is 0.695. The van der Waals surface area contributed by atoms with Gasteiger partial charge in [-0.25, -0.2) is 0 Å². The topological polar surface area (TPSA) is 3.24 Å². The Kier molecular flexibility index (Phi) is 9.45. The van der Waals surface area contributed by atoms with Crippen molar-refractivity contribution in [2.45, 2.75) is 60.8 Å². The van der Waals surface area contributed by atoms with Gasteiger partial charge in [0.05, 0.1) is 0 Å². The molecule has 0 unspecified atom stereocenters. The molecule has 0 spiro atoms. The standard InChI is InChI=1S/C12H17N.C3H8.C2H6/c1-3-7-13-8-6-11-5-4-10(2)9-12(11)13;1-3-2;1-2/h4-5,9H,3,6-8H2,1-2H3;3H2,1-2H3;1-2H3. The number of benzene rings is 1. The van der Waals surface area contributed by atoms with Crippen LogP contribution < -0.4 is 4.90 Å². The third-order valence-electron chi connectivity index (χ3n) is 2.73.